The lowest BCUT2D eigenvalue weighted by atomic mass is 10.2. The number of nitrogens with two attached hydrogens (primary N) is 6. The van der Waals surface area contributed by atoms with Gasteiger partial charge >= 0.3 is 30.5 Å². The van der Waals surface area contributed by atoms with E-state index in [9.17, 15) is 38.4 Å². The third kappa shape index (κ3) is 40.7. The van der Waals surface area contributed by atoms with Crippen LogP contribution in [0.3, 0.4) is 0 Å². The summed E-state index contributed by atoms with van der Waals surface area (Å²) in [6.07, 6.45) is 2.05. The maximum absolute atomic E-state index is 11.6. The summed E-state index contributed by atoms with van der Waals surface area (Å²) >= 11 is 0. The van der Waals surface area contributed by atoms with Crippen LogP contribution in [-0.2, 0) is 53.1 Å². The summed E-state index contributed by atoms with van der Waals surface area (Å²) in [5.41, 5.74) is 34.3. The van der Waals surface area contributed by atoms with E-state index >= 15 is 0 Å². The Morgan fingerprint density at radius 2 is 0.968 bits per heavy atom. The molecule has 93 heavy (non-hydrogen) atoms. The van der Waals surface area contributed by atoms with Gasteiger partial charge in [0.2, 0.25) is 11.8 Å². The number of benzene rings is 4. The molecule has 18 N–H and O–H groups in total. The van der Waals surface area contributed by atoms with Crippen molar-refractivity contribution < 1.29 is 62.0 Å². The van der Waals surface area contributed by atoms with E-state index in [1.54, 1.807) is 53.9 Å². The Morgan fingerprint density at radius 1 is 0.548 bits per heavy atom. The average molecular weight is 1300 g/mol. The summed E-state index contributed by atoms with van der Waals surface area (Å²) in [5.74, 6) is -0.748. The number of primary amides is 3. The van der Waals surface area contributed by atoms with Crippen LogP contribution in [0.4, 0.5) is 35.5 Å². The zero-order valence-corrected chi connectivity index (χ0v) is 54.8. The summed E-state index contributed by atoms with van der Waals surface area (Å²) in [5, 5.41) is 23.9. The minimum atomic E-state index is -0.733. The van der Waals surface area contributed by atoms with Gasteiger partial charge in [-0.15, -0.1) is 0 Å². The Kier molecular flexibility index (Phi) is 37.5. The zero-order chi connectivity index (χ0) is 70.1. The van der Waals surface area contributed by atoms with Crippen molar-refractivity contribution >= 4 is 59.7 Å². The number of nitrogens with zero attached hydrogens (tertiary/aromatic N) is 5. The van der Waals surface area contributed by atoms with E-state index in [0.29, 0.717) is 24.7 Å². The van der Waals surface area contributed by atoms with Crippen molar-refractivity contribution in [2.24, 2.45) is 34.4 Å². The van der Waals surface area contributed by atoms with Crippen LogP contribution in [0.2, 0.25) is 0 Å². The number of hydrogen-bond donors (Lipinski definition) is 12. The molecule has 0 saturated carbocycles. The molecule has 6 aromatic rings. The fourth-order valence-electron chi connectivity index (χ4n) is 6.10. The van der Waals surface area contributed by atoms with E-state index in [2.05, 4.69) is 57.8 Å². The Morgan fingerprint density at radius 3 is 1.35 bits per heavy atom. The zero-order valence-electron chi connectivity index (χ0n) is 54.8. The van der Waals surface area contributed by atoms with Gasteiger partial charge in [-0.1, -0.05) is 97.1 Å². The number of carbonyl (C=O) groups is 8. The van der Waals surface area contributed by atoms with E-state index in [0.717, 1.165) is 28.1 Å². The first-order valence-electron chi connectivity index (χ1n) is 29.2. The molecule has 30 heteroatoms. The average Bonchev–Trinajstić information content (AvgIpc) is 1.68. The van der Waals surface area contributed by atoms with Gasteiger partial charge in [0.1, 0.15) is 54.3 Å². The molecule has 0 aliphatic heterocycles. The number of ether oxygens (including phenoxy) is 5. The molecule has 0 unspecified atom stereocenters. The largest absolute Gasteiger partial charge is 0.445 e. The van der Waals surface area contributed by atoms with Gasteiger partial charge in [-0.2, -0.15) is 15.0 Å². The van der Waals surface area contributed by atoms with Crippen LogP contribution in [0.5, 0.6) is 0 Å². The molecule has 8 amide bonds. The molecule has 0 aliphatic rings. The molecule has 30 nitrogen and oxygen atoms in total. The van der Waals surface area contributed by atoms with E-state index in [1.165, 1.54) is 17.9 Å². The number of aromatic nitrogens is 5. The van der Waals surface area contributed by atoms with Crippen molar-refractivity contribution in [1.29, 1.82) is 0 Å². The first-order valence-corrected chi connectivity index (χ1v) is 29.2. The summed E-state index contributed by atoms with van der Waals surface area (Å²) in [6.45, 7) is 22.7. The molecular formula is C63H93N17O13. The minimum absolute atomic E-state index is 0.0440. The molecule has 2 heterocycles. The lowest BCUT2D eigenvalue weighted by molar-refractivity contribution is -0.120. The number of rotatable bonds is 20. The van der Waals surface area contributed by atoms with Gasteiger partial charge in [0.15, 0.2) is 0 Å². The van der Waals surface area contributed by atoms with Crippen LogP contribution in [0.25, 0.3) is 5.69 Å². The van der Waals surface area contributed by atoms with Crippen molar-refractivity contribution in [1.82, 2.24) is 51.5 Å². The summed E-state index contributed by atoms with van der Waals surface area (Å²) in [4.78, 5) is 98.1. The third-order valence-corrected chi connectivity index (χ3v) is 10.8. The highest BCUT2D eigenvalue weighted by atomic mass is 16.6. The Labute approximate surface area is 542 Å². The first kappa shape index (κ1) is 80.6. The lowest BCUT2D eigenvalue weighted by Crippen LogP contribution is -2.43. The summed E-state index contributed by atoms with van der Waals surface area (Å²) in [7, 11) is 0. The van der Waals surface area contributed by atoms with E-state index in [1.807, 2.05) is 150 Å². The van der Waals surface area contributed by atoms with E-state index < -0.39 is 71.5 Å². The van der Waals surface area contributed by atoms with Crippen LogP contribution in [0.1, 0.15) is 109 Å². The quantitative estimate of drug-likeness (QED) is 0.0404. The number of aryl methyl sites for hydroxylation is 1. The Balaban J connectivity index is 0.000000577. The smallest absolute Gasteiger partial charge is 0.408 e. The lowest BCUT2D eigenvalue weighted by Gasteiger charge is -2.21. The highest BCUT2D eigenvalue weighted by Gasteiger charge is 2.19. The van der Waals surface area contributed by atoms with Crippen molar-refractivity contribution in [3.05, 3.63) is 162 Å². The maximum Gasteiger partial charge on any atom is 0.408 e. The molecule has 0 saturated heterocycles. The number of amides is 8. The summed E-state index contributed by atoms with van der Waals surface area (Å²) < 4.78 is 25.1. The Hall–Kier alpha value is -10.5. The van der Waals surface area contributed by atoms with Crippen LogP contribution in [0, 0.1) is 6.92 Å². The van der Waals surface area contributed by atoms with Gasteiger partial charge in [-0.25, -0.2) is 33.9 Å². The predicted molar refractivity (Wildman–Crippen MR) is 351 cm³/mol. The SMILES string of the molecule is C[C@@H](N)C(N)=O.C[C@@H](N)CNC(=O)OC(C)(C)C.C[C@@H](NC(=O)OCc1ccccc1)C(N)=O.C[C@H](CN)NC(=O)OCc1ccccc1.C[C@H](CNC(=O)OC(C)(C)C)NC(=O)OCc1ccccc1.Cc1ncc(C(N)=O)c(Nc2cccc(-n3nccn3)c2)n1. The van der Waals surface area contributed by atoms with Gasteiger partial charge in [-0.05, 0) is 118 Å². The van der Waals surface area contributed by atoms with Gasteiger partial charge in [-0.3, -0.25) is 14.4 Å². The molecule has 508 valence electrons. The second-order valence-corrected chi connectivity index (χ2v) is 22.3. The van der Waals surface area contributed by atoms with Crippen LogP contribution in [-0.4, -0.2) is 134 Å². The molecule has 0 aliphatic carbocycles. The number of hydrogen-bond acceptors (Lipinski definition) is 21. The standard InChI is InChI=1S/C16H24N2O4.C14H13N7O.C11H14N2O3.C11H16N2O2.C8H18N2O2.C3H8N2O/c1-12(10-17-14(19)22-16(2,3)4)18-15(20)21-11-13-8-6-5-7-9-13;1-9-16-8-12(13(15)22)14(19-9)20-10-3-2-4-11(7-10)21-17-5-6-18-21;1-8(10(12)14)13-11(15)16-7-9-5-3-2-4-6-9;1-9(7-12)13-11(14)15-8-10-5-3-2-4-6-10;1-6(9)5-10-7(11)12-8(2,3)4;1-2(4)3(5)6/h5-9,12H,10-11H2,1-4H3,(H,17,19)(H,18,20);2-8H,1H3,(H2,15,22)(H,16,19,20);2-6,8H,7H2,1H3,(H2,12,14)(H,13,15);2-6,9H,7-8,12H2,1H3,(H,13,14);6H,5,9H2,1-4H3,(H,10,11);2H,4H2,1H3,(H2,5,6)/t12-;;8-;9-;6-;2-/m1.1111/s1. The van der Waals surface area contributed by atoms with Crippen molar-refractivity contribution in [3.63, 3.8) is 0 Å². The minimum Gasteiger partial charge on any atom is -0.445 e. The Bertz CT molecular complexity index is 3170. The highest BCUT2D eigenvalue weighted by Crippen LogP contribution is 2.21. The molecule has 0 bridgehead atoms. The number of anilines is 2. The fourth-order valence-corrected chi connectivity index (χ4v) is 6.10. The summed E-state index contributed by atoms with van der Waals surface area (Å²) in [6, 6.07) is 34.0. The molecule has 5 atom stereocenters. The number of nitrogens with one attached hydrogen (secondary N) is 6. The van der Waals surface area contributed by atoms with Gasteiger partial charge in [0.05, 0.1) is 24.1 Å². The molecule has 6 rings (SSSR count). The van der Waals surface area contributed by atoms with Crippen molar-refractivity contribution in [2.75, 3.05) is 25.0 Å². The molecule has 0 radical (unpaired) electrons. The van der Waals surface area contributed by atoms with Gasteiger partial charge in [0, 0.05) is 49.6 Å². The molecule has 0 spiro atoms. The monoisotopic (exact) mass is 1300 g/mol. The number of alkyl carbamates (subject to hydrolysis) is 5. The van der Waals surface area contributed by atoms with Crippen molar-refractivity contribution in [3.8, 4) is 5.69 Å². The van der Waals surface area contributed by atoms with Gasteiger partial charge < -0.3 is 90.0 Å². The molecule has 2 aromatic heterocycles. The topological polar surface area (TPSA) is 467 Å². The molecule has 0 fully saturated rings. The van der Waals surface area contributed by atoms with E-state index in [-0.39, 0.29) is 50.1 Å². The van der Waals surface area contributed by atoms with Gasteiger partial charge in [0.25, 0.3) is 5.91 Å². The van der Waals surface area contributed by atoms with Crippen LogP contribution >= 0.6 is 0 Å². The predicted octanol–water partition coefficient (Wildman–Crippen LogP) is 5.76. The molecule has 4 aromatic carbocycles. The fraction of sp³-hybridized carbons (Fsp3) is 0.397. The number of carbonyl (C=O) groups excluding carboxylic acids is 8. The first-order chi connectivity index (χ1) is 43.7. The third-order valence-electron chi connectivity index (χ3n) is 10.8. The van der Waals surface area contributed by atoms with E-state index in [4.69, 9.17) is 52.4 Å². The van der Waals surface area contributed by atoms with Crippen LogP contribution in [0.15, 0.2) is 134 Å². The van der Waals surface area contributed by atoms with Crippen LogP contribution < -0.4 is 66.3 Å². The maximum atomic E-state index is 11.6. The van der Waals surface area contributed by atoms with Crippen molar-refractivity contribution in [2.45, 2.75) is 144 Å². The molecular weight excluding hydrogens is 1200 g/mol. The highest BCUT2D eigenvalue weighted by molar-refractivity contribution is 5.98. The second-order valence-electron chi connectivity index (χ2n) is 22.3. The normalized spacial score (nSPS) is 11.9. The second kappa shape index (κ2) is 43.3.